The summed E-state index contributed by atoms with van der Waals surface area (Å²) in [5.74, 6) is 0.606. The number of hydrogen-bond donors (Lipinski definition) is 1. The fraction of sp³-hybridized carbons (Fsp3) is 0.562. The van der Waals surface area contributed by atoms with Crippen LogP contribution >= 0.6 is 11.6 Å². The molecule has 3 heteroatoms. The monoisotopic (exact) mass is 276 g/mol. The molecule has 1 aliphatic rings. The molecule has 0 heterocycles. The van der Waals surface area contributed by atoms with Crippen molar-refractivity contribution in [3.8, 4) is 6.07 Å². The molecule has 0 amide bonds. The second-order valence-electron chi connectivity index (χ2n) is 6.44. The Balaban J connectivity index is 2.14. The Kier molecular flexibility index (Phi) is 4.06. The van der Waals surface area contributed by atoms with Crippen molar-refractivity contribution >= 4 is 17.3 Å². The zero-order valence-electron chi connectivity index (χ0n) is 11.8. The van der Waals surface area contributed by atoms with Crippen molar-refractivity contribution in [1.29, 1.82) is 5.26 Å². The number of anilines is 1. The van der Waals surface area contributed by atoms with Gasteiger partial charge in [-0.25, -0.2) is 0 Å². The first kappa shape index (κ1) is 14.2. The summed E-state index contributed by atoms with van der Waals surface area (Å²) in [6, 6.07) is 8.05. The largest absolute Gasteiger partial charge is 0.381 e. The number of halogens is 1. The van der Waals surface area contributed by atoms with E-state index in [0.29, 0.717) is 28.0 Å². The lowest BCUT2D eigenvalue weighted by molar-refractivity contribution is 0.177. The molecule has 0 aliphatic heterocycles. The van der Waals surface area contributed by atoms with Gasteiger partial charge >= 0.3 is 0 Å². The van der Waals surface area contributed by atoms with Gasteiger partial charge in [-0.15, -0.1) is 0 Å². The van der Waals surface area contributed by atoms with Gasteiger partial charge in [-0.3, -0.25) is 0 Å². The molecule has 2 atom stereocenters. The number of benzene rings is 1. The molecule has 0 radical (unpaired) electrons. The highest BCUT2D eigenvalue weighted by molar-refractivity contribution is 6.30. The average Bonchev–Trinajstić information content (AvgIpc) is 2.32. The first-order valence-corrected chi connectivity index (χ1v) is 7.25. The van der Waals surface area contributed by atoms with E-state index in [4.69, 9.17) is 16.9 Å². The molecule has 0 bridgehead atoms. The van der Waals surface area contributed by atoms with Crippen molar-refractivity contribution < 1.29 is 0 Å². The molecule has 0 spiro atoms. The molecule has 2 unspecified atom stereocenters. The van der Waals surface area contributed by atoms with Crippen molar-refractivity contribution in [2.24, 2.45) is 11.3 Å². The minimum Gasteiger partial charge on any atom is -0.381 e. The minimum atomic E-state index is 0.429. The minimum absolute atomic E-state index is 0.429. The topological polar surface area (TPSA) is 35.8 Å². The Morgan fingerprint density at radius 1 is 1.42 bits per heavy atom. The van der Waals surface area contributed by atoms with E-state index in [9.17, 15) is 0 Å². The molecule has 1 N–H and O–H groups in total. The van der Waals surface area contributed by atoms with E-state index in [1.165, 1.54) is 12.8 Å². The number of rotatable bonds is 2. The summed E-state index contributed by atoms with van der Waals surface area (Å²) >= 11 is 6.02. The van der Waals surface area contributed by atoms with Gasteiger partial charge in [0.2, 0.25) is 0 Å². The van der Waals surface area contributed by atoms with Gasteiger partial charge in [-0.1, -0.05) is 32.4 Å². The molecule has 1 aromatic carbocycles. The van der Waals surface area contributed by atoms with Crippen LogP contribution in [0.4, 0.5) is 5.69 Å². The van der Waals surface area contributed by atoms with Gasteiger partial charge in [-0.05, 0) is 48.8 Å². The standard InChI is InChI=1S/C16H21ClN2/c1-11-9-16(2,3)7-6-14(11)19-15-8-13(17)5-4-12(15)10-18/h4-5,8,11,14,19H,6-7,9H2,1-3H3. The SMILES string of the molecule is CC1CC(C)(C)CCC1Nc1cc(Cl)ccc1C#N. The van der Waals surface area contributed by atoms with E-state index in [1.54, 1.807) is 12.1 Å². The second-order valence-corrected chi connectivity index (χ2v) is 6.87. The quantitative estimate of drug-likeness (QED) is 0.839. The molecule has 0 saturated heterocycles. The van der Waals surface area contributed by atoms with E-state index >= 15 is 0 Å². The Hall–Kier alpha value is -1.20. The molecule has 19 heavy (non-hydrogen) atoms. The van der Waals surface area contributed by atoms with Crippen LogP contribution in [0, 0.1) is 22.7 Å². The molecule has 2 rings (SSSR count). The third kappa shape index (κ3) is 3.42. The van der Waals surface area contributed by atoms with Crippen LogP contribution in [0.25, 0.3) is 0 Å². The summed E-state index contributed by atoms with van der Waals surface area (Å²) < 4.78 is 0. The van der Waals surface area contributed by atoms with Crippen molar-refractivity contribution in [3.05, 3.63) is 28.8 Å². The van der Waals surface area contributed by atoms with Crippen LogP contribution in [-0.2, 0) is 0 Å². The smallest absolute Gasteiger partial charge is 0.101 e. The van der Waals surface area contributed by atoms with Crippen LogP contribution < -0.4 is 5.32 Å². The summed E-state index contributed by atoms with van der Waals surface area (Å²) in [6.07, 6.45) is 3.58. The number of nitrogens with zero attached hydrogens (tertiary/aromatic N) is 1. The highest BCUT2D eigenvalue weighted by Gasteiger charge is 2.32. The van der Waals surface area contributed by atoms with Crippen molar-refractivity contribution in [3.63, 3.8) is 0 Å². The van der Waals surface area contributed by atoms with Gasteiger partial charge in [0.25, 0.3) is 0 Å². The number of nitrogens with one attached hydrogen (secondary N) is 1. The zero-order valence-corrected chi connectivity index (χ0v) is 12.6. The zero-order chi connectivity index (χ0) is 14.0. The average molecular weight is 277 g/mol. The second kappa shape index (κ2) is 5.43. The van der Waals surface area contributed by atoms with Crippen LogP contribution in [0.1, 0.15) is 45.6 Å². The highest BCUT2D eigenvalue weighted by Crippen LogP contribution is 2.39. The fourth-order valence-corrected chi connectivity index (χ4v) is 3.27. The van der Waals surface area contributed by atoms with E-state index in [-0.39, 0.29) is 0 Å². The van der Waals surface area contributed by atoms with Crippen LogP contribution in [-0.4, -0.2) is 6.04 Å². The van der Waals surface area contributed by atoms with Gasteiger partial charge in [0.15, 0.2) is 0 Å². The van der Waals surface area contributed by atoms with Gasteiger partial charge in [0.1, 0.15) is 6.07 Å². The van der Waals surface area contributed by atoms with Gasteiger partial charge in [-0.2, -0.15) is 5.26 Å². The summed E-state index contributed by atoms with van der Waals surface area (Å²) in [5, 5.41) is 13.3. The van der Waals surface area contributed by atoms with Crippen molar-refractivity contribution in [2.45, 2.75) is 46.1 Å². The van der Waals surface area contributed by atoms with Gasteiger partial charge in [0, 0.05) is 11.1 Å². The highest BCUT2D eigenvalue weighted by atomic mass is 35.5. The normalized spacial score (nSPS) is 25.6. The summed E-state index contributed by atoms with van der Waals surface area (Å²) in [5.41, 5.74) is 1.97. The van der Waals surface area contributed by atoms with Crippen LogP contribution in [0.3, 0.4) is 0 Å². The first-order valence-electron chi connectivity index (χ1n) is 6.87. The molecule has 1 aromatic rings. The lowest BCUT2D eigenvalue weighted by atomic mass is 9.70. The predicted molar refractivity (Wildman–Crippen MR) is 80.4 cm³/mol. The predicted octanol–water partition coefficient (Wildman–Crippen LogP) is 4.84. The molecule has 2 nitrogen and oxygen atoms in total. The maximum absolute atomic E-state index is 9.15. The van der Waals surface area contributed by atoms with Crippen molar-refractivity contribution in [2.75, 3.05) is 5.32 Å². The molecular weight excluding hydrogens is 256 g/mol. The first-order chi connectivity index (χ1) is 8.91. The maximum Gasteiger partial charge on any atom is 0.101 e. The Morgan fingerprint density at radius 2 is 2.16 bits per heavy atom. The molecule has 1 aliphatic carbocycles. The molecule has 1 saturated carbocycles. The van der Waals surface area contributed by atoms with E-state index < -0.39 is 0 Å². The Bertz CT molecular complexity index is 502. The van der Waals surface area contributed by atoms with Gasteiger partial charge < -0.3 is 5.32 Å². The lowest BCUT2D eigenvalue weighted by Crippen LogP contribution is -2.37. The molecule has 1 fully saturated rings. The third-order valence-electron chi connectivity index (χ3n) is 4.14. The number of nitriles is 1. The fourth-order valence-electron chi connectivity index (χ4n) is 3.09. The molecular formula is C16H21ClN2. The third-order valence-corrected chi connectivity index (χ3v) is 4.37. The summed E-state index contributed by atoms with van der Waals surface area (Å²) in [7, 11) is 0. The van der Waals surface area contributed by atoms with E-state index in [0.717, 1.165) is 12.1 Å². The summed E-state index contributed by atoms with van der Waals surface area (Å²) in [6.45, 7) is 6.95. The Labute approximate surface area is 120 Å². The van der Waals surface area contributed by atoms with Crippen LogP contribution in [0.5, 0.6) is 0 Å². The van der Waals surface area contributed by atoms with Gasteiger partial charge in [0.05, 0.1) is 11.3 Å². The van der Waals surface area contributed by atoms with Crippen LogP contribution in [0.2, 0.25) is 5.02 Å². The van der Waals surface area contributed by atoms with E-state index in [2.05, 4.69) is 32.2 Å². The number of hydrogen-bond acceptors (Lipinski definition) is 2. The lowest BCUT2D eigenvalue weighted by Gasteiger charge is -2.40. The Morgan fingerprint density at radius 3 is 2.79 bits per heavy atom. The van der Waals surface area contributed by atoms with Crippen molar-refractivity contribution in [1.82, 2.24) is 0 Å². The van der Waals surface area contributed by atoms with Crippen LogP contribution in [0.15, 0.2) is 18.2 Å². The van der Waals surface area contributed by atoms with E-state index in [1.807, 2.05) is 6.07 Å². The summed E-state index contributed by atoms with van der Waals surface area (Å²) in [4.78, 5) is 0. The molecule has 0 aromatic heterocycles. The molecule has 102 valence electrons. The maximum atomic E-state index is 9.15.